The lowest BCUT2D eigenvalue weighted by Gasteiger charge is -2.27. The molecule has 0 aromatic heterocycles. The Labute approximate surface area is 87.2 Å². The van der Waals surface area contributed by atoms with Crippen molar-refractivity contribution in [3.05, 3.63) is 0 Å². The monoisotopic (exact) mass is 219 g/mol. The van der Waals surface area contributed by atoms with Gasteiger partial charge in [0.05, 0.1) is 11.5 Å². The minimum Gasteiger partial charge on any atom is -0.314 e. The van der Waals surface area contributed by atoms with Crippen LogP contribution in [0.2, 0.25) is 0 Å². The summed E-state index contributed by atoms with van der Waals surface area (Å²) >= 11 is 0. The highest BCUT2D eigenvalue weighted by molar-refractivity contribution is 7.91. The van der Waals surface area contributed by atoms with Gasteiger partial charge < -0.3 is 5.32 Å². The standard InChI is InChI=1S/C10H21NO2S/c1-4-10(7-11-9(2)3)5-6-14(12,13)8-10/h9,11H,4-8H2,1-3H3. The lowest BCUT2D eigenvalue weighted by molar-refractivity contribution is 0.292. The summed E-state index contributed by atoms with van der Waals surface area (Å²) in [6, 6.07) is 0.432. The molecule has 1 fully saturated rings. The van der Waals surface area contributed by atoms with Crippen LogP contribution < -0.4 is 5.32 Å². The molecule has 14 heavy (non-hydrogen) atoms. The van der Waals surface area contributed by atoms with Crippen LogP contribution in [0.3, 0.4) is 0 Å². The Morgan fingerprint density at radius 2 is 2.07 bits per heavy atom. The van der Waals surface area contributed by atoms with E-state index in [4.69, 9.17) is 0 Å². The van der Waals surface area contributed by atoms with Crippen molar-refractivity contribution >= 4 is 9.84 Å². The Hall–Kier alpha value is -0.0900. The summed E-state index contributed by atoms with van der Waals surface area (Å²) in [5.74, 6) is 0.747. The van der Waals surface area contributed by atoms with Gasteiger partial charge in [0.1, 0.15) is 0 Å². The highest BCUT2D eigenvalue weighted by atomic mass is 32.2. The van der Waals surface area contributed by atoms with Crippen LogP contribution in [0.15, 0.2) is 0 Å². The van der Waals surface area contributed by atoms with Crippen molar-refractivity contribution in [3.8, 4) is 0 Å². The van der Waals surface area contributed by atoms with E-state index in [0.717, 1.165) is 19.4 Å². The van der Waals surface area contributed by atoms with Crippen molar-refractivity contribution in [3.63, 3.8) is 0 Å². The molecule has 1 heterocycles. The van der Waals surface area contributed by atoms with Gasteiger partial charge in [-0.15, -0.1) is 0 Å². The molecule has 1 saturated heterocycles. The summed E-state index contributed by atoms with van der Waals surface area (Å²) in [5, 5.41) is 3.35. The van der Waals surface area contributed by atoms with Crippen LogP contribution in [0.25, 0.3) is 0 Å². The minimum atomic E-state index is -2.75. The van der Waals surface area contributed by atoms with E-state index < -0.39 is 9.84 Å². The van der Waals surface area contributed by atoms with E-state index in [-0.39, 0.29) is 5.41 Å². The summed E-state index contributed by atoms with van der Waals surface area (Å²) in [7, 11) is -2.75. The molecule has 0 aromatic rings. The largest absolute Gasteiger partial charge is 0.314 e. The van der Waals surface area contributed by atoms with Crippen molar-refractivity contribution in [2.24, 2.45) is 5.41 Å². The SMILES string of the molecule is CCC1(CNC(C)C)CCS(=O)(=O)C1. The van der Waals surface area contributed by atoms with Gasteiger partial charge >= 0.3 is 0 Å². The van der Waals surface area contributed by atoms with E-state index in [1.165, 1.54) is 0 Å². The molecule has 3 nitrogen and oxygen atoms in total. The zero-order valence-electron chi connectivity index (χ0n) is 9.34. The van der Waals surface area contributed by atoms with Crippen molar-refractivity contribution < 1.29 is 8.42 Å². The first-order valence-corrected chi connectivity index (χ1v) is 7.15. The molecule has 0 amide bonds. The first kappa shape index (κ1) is 12.0. The second-order valence-corrected chi connectivity index (χ2v) is 6.92. The molecule has 1 aliphatic heterocycles. The van der Waals surface area contributed by atoms with E-state index in [9.17, 15) is 8.42 Å². The minimum absolute atomic E-state index is 0.00308. The van der Waals surface area contributed by atoms with Crippen LogP contribution in [0, 0.1) is 5.41 Å². The third-order valence-electron chi connectivity index (χ3n) is 3.10. The third-order valence-corrected chi connectivity index (χ3v) is 4.98. The lowest BCUT2D eigenvalue weighted by Crippen LogP contribution is -2.38. The fraction of sp³-hybridized carbons (Fsp3) is 1.00. The zero-order chi connectivity index (χ0) is 10.8. The third kappa shape index (κ3) is 2.95. The fourth-order valence-electron chi connectivity index (χ4n) is 1.95. The number of hydrogen-bond acceptors (Lipinski definition) is 3. The van der Waals surface area contributed by atoms with E-state index in [0.29, 0.717) is 17.5 Å². The van der Waals surface area contributed by atoms with E-state index >= 15 is 0 Å². The van der Waals surface area contributed by atoms with Gasteiger partial charge in [-0.3, -0.25) is 0 Å². The Balaban J connectivity index is 2.61. The molecular formula is C10H21NO2S. The van der Waals surface area contributed by atoms with Crippen LogP contribution >= 0.6 is 0 Å². The maximum Gasteiger partial charge on any atom is 0.150 e. The van der Waals surface area contributed by atoms with Crippen LogP contribution in [-0.2, 0) is 9.84 Å². The van der Waals surface area contributed by atoms with Crippen molar-refractivity contribution in [2.45, 2.75) is 39.7 Å². The maximum absolute atomic E-state index is 11.4. The molecule has 84 valence electrons. The molecule has 1 rings (SSSR count). The van der Waals surface area contributed by atoms with E-state index in [2.05, 4.69) is 26.1 Å². The second kappa shape index (κ2) is 4.19. The normalized spacial score (nSPS) is 31.1. The quantitative estimate of drug-likeness (QED) is 0.773. The summed E-state index contributed by atoms with van der Waals surface area (Å²) < 4.78 is 22.8. The number of nitrogens with one attached hydrogen (secondary N) is 1. The van der Waals surface area contributed by atoms with E-state index in [1.54, 1.807) is 0 Å². The molecule has 0 spiro atoms. The van der Waals surface area contributed by atoms with Crippen LogP contribution in [0.5, 0.6) is 0 Å². The van der Waals surface area contributed by atoms with Gasteiger partial charge in [0.25, 0.3) is 0 Å². The van der Waals surface area contributed by atoms with Crippen LogP contribution in [0.4, 0.5) is 0 Å². The van der Waals surface area contributed by atoms with Crippen LogP contribution in [0.1, 0.15) is 33.6 Å². The predicted molar refractivity (Wildman–Crippen MR) is 59.1 cm³/mol. The van der Waals surface area contributed by atoms with Crippen molar-refractivity contribution in [1.29, 1.82) is 0 Å². The molecule has 0 aliphatic carbocycles. The lowest BCUT2D eigenvalue weighted by atomic mass is 9.84. The van der Waals surface area contributed by atoms with Gasteiger partial charge in [-0.1, -0.05) is 20.8 Å². The molecule has 0 bridgehead atoms. The smallest absolute Gasteiger partial charge is 0.150 e. The van der Waals surface area contributed by atoms with Gasteiger partial charge in [-0.05, 0) is 18.3 Å². The van der Waals surface area contributed by atoms with Crippen LogP contribution in [-0.4, -0.2) is 32.5 Å². The molecule has 4 heteroatoms. The number of sulfone groups is 1. The first-order chi connectivity index (χ1) is 6.39. The summed E-state index contributed by atoms with van der Waals surface area (Å²) in [5.41, 5.74) is 0.00308. The highest BCUT2D eigenvalue weighted by Crippen LogP contribution is 2.34. The molecule has 0 radical (unpaired) electrons. The van der Waals surface area contributed by atoms with Gasteiger partial charge in [-0.2, -0.15) is 0 Å². The number of hydrogen-bond donors (Lipinski definition) is 1. The molecule has 0 saturated carbocycles. The zero-order valence-corrected chi connectivity index (χ0v) is 10.2. The molecular weight excluding hydrogens is 198 g/mol. The molecule has 1 atom stereocenters. The Bertz CT molecular complexity index is 284. The first-order valence-electron chi connectivity index (χ1n) is 5.33. The summed E-state index contributed by atoms with van der Waals surface area (Å²) in [6.45, 7) is 7.10. The average Bonchev–Trinajstić information content (AvgIpc) is 2.40. The topological polar surface area (TPSA) is 46.2 Å². The average molecular weight is 219 g/mol. The maximum atomic E-state index is 11.4. The molecule has 0 aromatic carbocycles. The van der Waals surface area contributed by atoms with Gasteiger partial charge in [-0.25, -0.2) is 8.42 Å². The Kier molecular flexibility index (Phi) is 3.58. The Morgan fingerprint density at radius 3 is 2.43 bits per heavy atom. The van der Waals surface area contributed by atoms with Gasteiger partial charge in [0.15, 0.2) is 9.84 Å². The highest BCUT2D eigenvalue weighted by Gasteiger charge is 2.40. The molecule has 1 aliphatic rings. The van der Waals surface area contributed by atoms with Crippen molar-refractivity contribution in [1.82, 2.24) is 5.32 Å². The Morgan fingerprint density at radius 1 is 1.43 bits per heavy atom. The predicted octanol–water partition coefficient (Wildman–Crippen LogP) is 1.20. The van der Waals surface area contributed by atoms with E-state index in [1.807, 2.05) is 0 Å². The van der Waals surface area contributed by atoms with Gasteiger partial charge in [0.2, 0.25) is 0 Å². The molecule has 1 unspecified atom stereocenters. The summed E-state index contributed by atoms with van der Waals surface area (Å²) in [4.78, 5) is 0. The molecule has 1 N–H and O–H groups in total. The van der Waals surface area contributed by atoms with Crippen molar-refractivity contribution in [2.75, 3.05) is 18.1 Å². The summed E-state index contributed by atoms with van der Waals surface area (Å²) in [6.07, 6.45) is 1.78. The second-order valence-electron chi connectivity index (χ2n) is 4.73. The van der Waals surface area contributed by atoms with Gasteiger partial charge in [0, 0.05) is 12.6 Å². The fourth-order valence-corrected chi connectivity index (χ4v) is 4.22. The number of rotatable bonds is 4.